The molecule has 0 radical (unpaired) electrons. The molecule has 0 saturated carbocycles. The quantitative estimate of drug-likeness (QED) is 0.778. The molecule has 108 valence electrons. The first-order valence-corrected chi connectivity index (χ1v) is 7.29. The van der Waals surface area contributed by atoms with E-state index in [0.717, 1.165) is 18.7 Å². The first kappa shape index (κ1) is 14.7. The maximum atomic E-state index is 11.6. The summed E-state index contributed by atoms with van der Waals surface area (Å²) in [4.78, 5) is 20.2. The average molecular weight is 294 g/mol. The van der Waals surface area contributed by atoms with Crippen molar-refractivity contribution in [3.05, 3.63) is 28.4 Å². The standard InChI is InChI=1S/C12H18N6OS/c1-4-13-5-9-6-14-10(15-7-9)20-12-17-16-11(19)18(12)8(2)3/h6-8,13H,4-5H2,1-3H3,(H,16,19). The Morgan fingerprint density at radius 1 is 1.40 bits per heavy atom. The molecule has 0 unspecified atom stereocenters. The Kier molecular flexibility index (Phi) is 4.91. The summed E-state index contributed by atoms with van der Waals surface area (Å²) in [5, 5.41) is 10.8. The van der Waals surface area contributed by atoms with Crippen molar-refractivity contribution in [2.45, 2.75) is 43.7 Å². The van der Waals surface area contributed by atoms with Gasteiger partial charge in [0.2, 0.25) is 0 Å². The summed E-state index contributed by atoms with van der Waals surface area (Å²) in [6.07, 6.45) is 3.56. The summed E-state index contributed by atoms with van der Waals surface area (Å²) < 4.78 is 1.58. The van der Waals surface area contributed by atoms with E-state index in [0.29, 0.717) is 10.3 Å². The number of H-pyrrole nitrogens is 1. The van der Waals surface area contributed by atoms with Gasteiger partial charge >= 0.3 is 5.69 Å². The van der Waals surface area contributed by atoms with Crippen molar-refractivity contribution >= 4 is 11.8 Å². The number of hydrogen-bond acceptors (Lipinski definition) is 6. The maximum Gasteiger partial charge on any atom is 0.344 e. The van der Waals surface area contributed by atoms with E-state index < -0.39 is 0 Å². The molecule has 0 aliphatic heterocycles. The third-order valence-corrected chi connectivity index (χ3v) is 3.50. The van der Waals surface area contributed by atoms with Crippen LogP contribution in [0.25, 0.3) is 0 Å². The molecule has 0 aromatic carbocycles. The topological polar surface area (TPSA) is 88.5 Å². The van der Waals surface area contributed by atoms with Crippen molar-refractivity contribution in [3.8, 4) is 0 Å². The van der Waals surface area contributed by atoms with Gasteiger partial charge in [-0.15, -0.1) is 5.10 Å². The molecule has 2 rings (SSSR count). The molecule has 0 saturated heterocycles. The van der Waals surface area contributed by atoms with E-state index in [1.807, 2.05) is 20.8 Å². The zero-order valence-corrected chi connectivity index (χ0v) is 12.6. The van der Waals surface area contributed by atoms with Gasteiger partial charge in [0.05, 0.1) is 0 Å². The first-order chi connectivity index (χ1) is 9.61. The minimum absolute atomic E-state index is 0.0387. The number of rotatable bonds is 6. The number of hydrogen-bond donors (Lipinski definition) is 2. The van der Waals surface area contributed by atoms with Gasteiger partial charge in [-0.1, -0.05) is 6.92 Å². The van der Waals surface area contributed by atoms with E-state index in [2.05, 4.69) is 25.5 Å². The molecular formula is C12H18N6OS. The van der Waals surface area contributed by atoms with Crippen LogP contribution in [-0.4, -0.2) is 31.3 Å². The van der Waals surface area contributed by atoms with Crippen molar-refractivity contribution in [3.63, 3.8) is 0 Å². The van der Waals surface area contributed by atoms with Crippen LogP contribution in [0.1, 0.15) is 32.4 Å². The van der Waals surface area contributed by atoms with Gasteiger partial charge in [-0.05, 0) is 32.2 Å². The number of nitrogens with zero attached hydrogens (tertiary/aromatic N) is 4. The van der Waals surface area contributed by atoms with E-state index in [1.165, 1.54) is 11.8 Å². The third kappa shape index (κ3) is 3.45. The van der Waals surface area contributed by atoms with E-state index in [1.54, 1.807) is 17.0 Å². The van der Waals surface area contributed by atoms with E-state index >= 15 is 0 Å². The predicted molar refractivity (Wildman–Crippen MR) is 76.8 cm³/mol. The van der Waals surface area contributed by atoms with Crippen LogP contribution in [0.3, 0.4) is 0 Å². The van der Waals surface area contributed by atoms with E-state index in [4.69, 9.17) is 0 Å². The Morgan fingerprint density at radius 3 is 2.70 bits per heavy atom. The molecule has 0 spiro atoms. The van der Waals surface area contributed by atoms with Gasteiger partial charge in [0.15, 0.2) is 10.3 Å². The van der Waals surface area contributed by atoms with E-state index in [-0.39, 0.29) is 11.7 Å². The molecule has 2 N–H and O–H groups in total. The Bertz CT molecular complexity index is 603. The zero-order chi connectivity index (χ0) is 14.5. The van der Waals surface area contributed by atoms with Crippen LogP contribution in [0.5, 0.6) is 0 Å². The molecule has 0 bridgehead atoms. The monoisotopic (exact) mass is 294 g/mol. The fourth-order valence-corrected chi connectivity index (χ4v) is 2.51. The summed E-state index contributed by atoms with van der Waals surface area (Å²) >= 11 is 1.27. The molecule has 0 fully saturated rings. The van der Waals surface area contributed by atoms with Gasteiger partial charge < -0.3 is 5.32 Å². The SMILES string of the molecule is CCNCc1cnc(Sc2n[nH]c(=O)n2C(C)C)nc1. The van der Waals surface area contributed by atoms with Gasteiger partial charge in [0, 0.05) is 30.5 Å². The summed E-state index contributed by atoms with van der Waals surface area (Å²) in [6, 6.07) is 0.0387. The number of nitrogens with one attached hydrogen (secondary N) is 2. The molecule has 0 amide bonds. The average Bonchev–Trinajstić information content (AvgIpc) is 2.79. The van der Waals surface area contributed by atoms with Crippen molar-refractivity contribution in [1.82, 2.24) is 30.0 Å². The van der Waals surface area contributed by atoms with Crippen molar-refractivity contribution < 1.29 is 0 Å². The maximum absolute atomic E-state index is 11.6. The first-order valence-electron chi connectivity index (χ1n) is 6.48. The molecular weight excluding hydrogens is 276 g/mol. The van der Waals surface area contributed by atoms with Gasteiger partial charge in [0.1, 0.15) is 0 Å². The second-order valence-corrected chi connectivity index (χ2v) is 5.47. The summed E-state index contributed by atoms with van der Waals surface area (Å²) in [5.41, 5.74) is 0.811. The van der Waals surface area contributed by atoms with Crippen LogP contribution in [0.15, 0.2) is 27.5 Å². The smallest absolute Gasteiger partial charge is 0.313 e. The van der Waals surface area contributed by atoms with Crippen molar-refractivity contribution in [1.29, 1.82) is 0 Å². The lowest BCUT2D eigenvalue weighted by molar-refractivity contribution is 0.533. The van der Waals surface area contributed by atoms with Crippen LogP contribution in [-0.2, 0) is 6.54 Å². The lowest BCUT2D eigenvalue weighted by Crippen LogP contribution is -2.19. The molecule has 8 heteroatoms. The highest BCUT2D eigenvalue weighted by molar-refractivity contribution is 7.99. The molecule has 0 aliphatic carbocycles. The van der Waals surface area contributed by atoms with Crippen LogP contribution in [0.2, 0.25) is 0 Å². The number of aromatic nitrogens is 5. The van der Waals surface area contributed by atoms with Gasteiger partial charge in [0.25, 0.3) is 0 Å². The highest BCUT2D eigenvalue weighted by atomic mass is 32.2. The van der Waals surface area contributed by atoms with Gasteiger partial charge in [-0.2, -0.15) is 0 Å². The third-order valence-electron chi connectivity index (χ3n) is 2.63. The van der Waals surface area contributed by atoms with Gasteiger partial charge in [-0.3, -0.25) is 4.57 Å². The highest BCUT2D eigenvalue weighted by Gasteiger charge is 2.13. The molecule has 7 nitrogen and oxygen atoms in total. The Balaban J connectivity index is 2.12. The van der Waals surface area contributed by atoms with Crippen LogP contribution < -0.4 is 11.0 Å². The predicted octanol–water partition coefficient (Wildman–Crippen LogP) is 1.20. The van der Waals surface area contributed by atoms with Crippen LogP contribution in [0, 0.1) is 0 Å². The largest absolute Gasteiger partial charge is 0.344 e. The fraction of sp³-hybridized carbons (Fsp3) is 0.500. The summed E-state index contributed by atoms with van der Waals surface area (Å²) in [5.74, 6) is 0. The normalized spacial score (nSPS) is 11.2. The van der Waals surface area contributed by atoms with Crippen LogP contribution in [0.4, 0.5) is 0 Å². The van der Waals surface area contributed by atoms with Crippen molar-refractivity contribution in [2.75, 3.05) is 6.54 Å². The van der Waals surface area contributed by atoms with Crippen LogP contribution >= 0.6 is 11.8 Å². The Hall–Kier alpha value is -1.67. The molecule has 2 aromatic heterocycles. The number of aromatic amines is 1. The molecule has 0 aliphatic rings. The van der Waals surface area contributed by atoms with E-state index in [9.17, 15) is 4.79 Å². The lowest BCUT2D eigenvalue weighted by atomic mass is 10.3. The molecule has 20 heavy (non-hydrogen) atoms. The minimum atomic E-state index is -0.216. The van der Waals surface area contributed by atoms with Crippen molar-refractivity contribution in [2.24, 2.45) is 0 Å². The summed E-state index contributed by atoms with van der Waals surface area (Å²) in [6.45, 7) is 7.57. The summed E-state index contributed by atoms with van der Waals surface area (Å²) in [7, 11) is 0. The minimum Gasteiger partial charge on any atom is -0.313 e. The molecule has 2 heterocycles. The zero-order valence-electron chi connectivity index (χ0n) is 11.8. The lowest BCUT2D eigenvalue weighted by Gasteiger charge is -2.07. The molecule has 2 aromatic rings. The second-order valence-electron chi connectivity index (χ2n) is 4.53. The van der Waals surface area contributed by atoms with Gasteiger partial charge in [-0.25, -0.2) is 19.9 Å². The molecule has 0 atom stereocenters. The Morgan fingerprint density at radius 2 is 2.10 bits per heavy atom. The highest BCUT2D eigenvalue weighted by Crippen LogP contribution is 2.22. The Labute approximate surface area is 121 Å². The fourth-order valence-electron chi connectivity index (χ4n) is 1.66. The second kappa shape index (κ2) is 6.67.